The first-order chi connectivity index (χ1) is 9.58. The van der Waals surface area contributed by atoms with Crippen molar-refractivity contribution in [3.63, 3.8) is 0 Å². The third-order valence-electron chi connectivity index (χ3n) is 2.74. The number of aromatic carboxylic acids is 1. The number of hydrogen-bond acceptors (Lipinski definition) is 3. The Bertz CT molecular complexity index is 654. The van der Waals surface area contributed by atoms with Crippen LogP contribution < -0.4 is 5.43 Å². The normalized spacial score (nSPS) is 11.2. The zero-order valence-corrected chi connectivity index (χ0v) is 11.6. The molecule has 2 aromatic carbocycles. The molecular formula is C15H13ClN2O2. The summed E-state index contributed by atoms with van der Waals surface area (Å²) in [6, 6.07) is 14.3. The lowest BCUT2D eigenvalue weighted by Crippen LogP contribution is -2.02. The number of nitrogens with one attached hydrogen (secondary N) is 1. The topological polar surface area (TPSA) is 61.7 Å². The van der Waals surface area contributed by atoms with Crippen LogP contribution in [0, 0.1) is 0 Å². The summed E-state index contributed by atoms with van der Waals surface area (Å²) in [6.07, 6.45) is 0. The molecule has 2 rings (SSSR count). The largest absolute Gasteiger partial charge is 0.478 e. The molecule has 0 saturated carbocycles. The number of anilines is 1. The van der Waals surface area contributed by atoms with Crippen molar-refractivity contribution in [3.05, 3.63) is 64.7 Å². The van der Waals surface area contributed by atoms with Crippen LogP contribution in [0.25, 0.3) is 0 Å². The molecule has 0 aliphatic rings. The fraction of sp³-hybridized carbons (Fsp3) is 0.0667. The van der Waals surface area contributed by atoms with Crippen LogP contribution in [0.4, 0.5) is 5.69 Å². The average Bonchev–Trinajstić information content (AvgIpc) is 2.46. The van der Waals surface area contributed by atoms with Crippen molar-refractivity contribution >= 4 is 29.0 Å². The van der Waals surface area contributed by atoms with E-state index in [1.54, 1.807) is 6.07 Å². The Balaban J connectivity index is 2.19. The van der Waals surface area contributed by atoms with Crippen molar-refractivity contribution in [1.82, 2.24) is 0 Å². The minimum atomic E-state index is -1.07. The van der Waals surface area contributed by atoms with Gasteiger partial charge in [-0.3, -0.25) is 5.43 Å². The maximum atomic E-state index is 11.0. The lowest BCUT2D eigenvalue weighted by Gasteiger charge is -2.05. The number of rotatable bonds is 4. The Hall–Kier alpha value is -2.33. The fourth-order valence-corrected chi connectivity index (χ4v) is 1.85. The van der Waals surface area contributed by atoms with E-state index >= 15 is 0 Å². The number of carboxylic acids is 1. The summed E-state index contributed by atoms with van der Waals surface area (Å²) in [5.41, 5.74) is 5.24. The summed E-state index contributed by atoms with van der Waals surface area (Å²) in [6.45, 7) is 1.87. The predicted molar refractivity (Wildman–Crippen MR) is 80.7 cm³/mol. The van der Waals surface area contributed by atoms with Gasteiger partial charge in [-0.05, 0) is 30.7 Å². The molecule has 5 heteroatoms. The zero-order chi connectivity index (χ0) is 14.5. The van der Waals surface area contributed by atoms with Gasteiger partial charge in [-0.1, -0.05) is 41.9 Å². The van der Waals surface area contributed by atoms with E-state index in [1.807, 2.05) is 37.3 Å². The van der Waals surface area contributed by atoms with Crippen molar-refractivity contribution in [1.29, 1.82) is 0 Å². The number of halogens is 1. The molecule has 2 aromatic rings. The molecule has 102 valence electrons. The van der Waals surface area contributed by atoms with E-state index in [9.17, 15) is 4.79 Å². The number of carboxylic acid groups (broad SMARTS) is 1. The third kappa shape index (κ3) is 3.36. The monoisotopic (exact) mass is 288 g/mol. The second kappa shape index (κ2) is 6.21. The van der Waals surface area contributed by atoms with E-state index < -0.39 is 5.97 Å². The molecule has 0 spiro atoms. The van der Waals surface area contributed by atoms with Gasteiger partial charge in [0.1, 0.15) is 0 Å². The number of hydrazone groups is 1. The molecule has 0 heterocycles. The van der Waals surface area contributed by atoms with E-state index in [0.29, 0.717) is 5.69 Å². The summed E-state index contributed by atoms with van der Waals surface area (Å²) >= 11 is 5.81. The minimum Gasteiger partial charge on any atom is -0.478 e. The van der Waals surface area contributed by atoms with Gasteiger partial charge in [-0.15, -0.1) is 0 Å². The van der Waals surface area contributed by atoms with Gasteiger partial charge in [0, 0.05) is 0 Å². The van der Waals surface area contributed by atoms with Crippen molar-refractivity contribution in [2.75, 3.05) is 5.43 Å². The quantitative estimate of drug-likeness (QED) is 0.663. The Morgan fingerprint density at radius 1 is 1.20 bits per heavy atom. The number of nitrogens with zero attached hydrogens (tertiary/aromatic N) is 1. The molecule has 2 N–H and O–H groups in total. The van der Waals surface area contributed by atoms with E-state index in [4.69, 9.17) is 16.7 Å². The molecule has 0 unspecified atom stereocenters. The maximum absolute atomic E-state index is 11.0. The van der Waals surface area contributed by atoms with Crippen LogP contribution in [-0.4, -0.2) is 16.8 Å². The highest BCUT2D eigenvalue weighted by Crippen LogP contribution is 2.20. The van der Waals surface area contributed by atoms with E-state index in [1.165, 1.54) is 12.1 Å². The summed E-state index contributed by atoms with van der Waals surface area (Å²) in [7, 11) is 0. The van der Waals surface area contributed by atoms with Gasteiger partial charge < -0.3 is 5.11 Å². The fourth-order valence-electron chi connectivity index (χ4n) is 1.65. The van der Waals surface area contributed by atoms with Gasteiger partial charge in [0.05, 0.1) is 22.0 Å². The number of hydrogen-bond donors (Lipinski definition) is 2. The highest BCUT2D eigenvalue weighted by Gasteiger charge is 2.09. The Kier molecular flexibility index (Phi) is 4.38. The molecule has 0 fully saturated rings. The van der Waals surface area contributed by atoms with Gasteiger partial charge >= 0.3 is 5.97 Å². The lowest BCUT2D eigenvalue weighted by atomic mass is 10.1. The van der Waals surface area contributed by atoms with Gasteiger partial charge in [-0.2, -0.15) is 5.10 Å². The third-order valence-corrected chi connectivity index (χ3v) is 3.07. The molecule has 0 bridgehead atoms. The number of benzene rings is 2. The first-order valence-corrected chi connectivity index (χ1v) is 6.34. The van der Waals surface area contributed by atoms with Crippen LogP contribution in [0.15, 0.2) is 53.6 Å². The standard InChI is InChI=1S/C15H13ClN2O2/c1-10(11-5-3-2-4-6-11)17-18-12-7-8-14(16)13(9-12)15(19)20/h2-9,18H,1H3,(H,19,20). The molecular weight excluding hydrogens is 276 g/mol. The van der Waals surface area contributed by atoms with Crippen LogP contribution in [0.3, 0.4) is 0 Å². The van der Waals surface area contributed by atoms with Gasteiger partial charge in [0.15, 0.2) is 0 Å². The molecule has 0 aliphatic heterocycles. The minimum absolute atomic E-state index is 0.0456. The predicted octanol–water partition coefficient (Wildman–Crippen LogP) is 3.87. The van der Waals surface area contributed by atoms with E-state index in [0.717, 1.165) is 11.3 Å². The molecule has 0 radical (unpaired) electrons. The summed E-state index contributed by atoms with van der Waals surface area (Å²) in [4.78, 5) is 11.0. The molecule has 0 aromatic heterocycles. The van der Waals surface area contributed by atoms with Gasteiger partial charge in [0.2, 0.25) is 0 Å². The Labute approximate surface area is 121 Å². The zero-order valence-electron chi connectivity index (χ0n) is 10.8. The molecule has 0 saturated heterocycles. The lowest BCUT2D eigenvalue weighted by molar-refractivity contribution is 0.0697. The summed E-state index contributed by atoms with van der Waals surface area (Å²) < 4.78 is 0. The van der Waals surface area contributed by atoms with Crippen molar-refractivity contribution in [2.24, 2.45) is 5.10 Å². The number of carbonyl (C=O) groups is 1. The van der Waals surface area contributed by atoms with Gasteiger partial charge in [0.25, 0.3) is 0 Å². The maximum Gasteiger partial charge on any atom is 0.337 e. The van der Waals surface area contributed by atoms with E-state index in [-0.39, 0.29) is 10.6 Å². The molecule has 0 atom stereocenters. The average molecular weight is 289 g/mol. The second-order valence-electron chi connectivity index (χ2n) is 4.17. The van der Waals surface area contributed by atoms with Crippen LogP contribution in [-0.2, 0) is 0 Å². The van der Waals surface area contributed by atoms with Crippen LogP contribution >= 0.6 is 11.6 Å². The van der Waals surface area contributed by atoms with Gasteiger partial charge in [-0.25, -0.2) is 4.79 Å². The highest BCUT2D eigenvalue weighted by atomic mass is 35.5. The van der Waals surface area contributed by atoms with Crippen molar-refractivity contribution in [3.8, 4) is 0 Å². The van der Waals surface area contributed by atoms with Crippen LogP contribution in [0.5, 0.6) is 0 Å². The highest BCUT2D eigenvalue weighted by molar-refractivity contribution is 6.33. The molecule has 4 nitrogen and oxygen atoms in total. The first-order valence-electron chi connectivity index (χ1n) is 5.96. The van der Waals surface area contributed by atoms with E-state index in [2.05, 4.69) is 10.5 Å². The van der Waals surface area contributed by atoms with Crippen molar-refractivity contribution < 1.29 is 9.90 Å². The molecule has 20 heavy (non-hydrogen) atoms. The van der Waals surface area contributed by atoms with Crippen LogP contribution in [0.2, 0.25) is 5.02 Å². The smallest absolute Gasteiger partial charge is 0.337 e. The summed E-state index contributed by atoms with van der Waals surface area (Å²) in [5, 5.41) is 13.4. The first kappa shape index (κ1) is 14.1. The molecule has 0 amide bonds. The second-order valence-corrected chi connectivity index (χ2v) is 4.58. The SMILES string of the molecule is CC(=NNc1ccc(Cl)c(C(=O)O)c1)c1ccccc1. The summed E-state index contributed by atoms with van der Waals surface area (Å²) in [5.74, 6) is -1.07. The Morgan fingerprint density at radius 2 is 1.90 bits per heavy atom. The van der Waals surface area contributed by atoms with Crippen LogP contribution in [0.1, 0.15) is 22.8 Å². The Morgan fingerprint density at radius 3 is 2.55 bits per heavy atom. The molecule has 0 aliphatic carbocycles. The van der Waals surface area contributed by atoms with Crippen molar-refractivity contribution in [2.45, 2.75) is 6.92 Å².